The third kappa shape index (κ3) is 7.72. The van der Waals surface area contributed by atoms with Crippen LogP contribution in [0.15, 0.2) is 47.5 Å². The predicted octanol–water partition coefficient (Wildman–Crippen LogP) is 3.72. The summed E-state index contributed by atoms with van der Waals surface area (Å²) >= 11 is 5.93. The summed E-state index contributed by atoms with van der Waals surface area (Å²) in [5.74, 6) is 2.84. The van der Waals surface area contributed by atoms with Crippen LogP contribution in [0.3, 0.4) is 0 Å². The summed E-state index contributed by atoms with van der Waals surface area (Å²) in [6, 6.07) is 13.1. The van der Waals surface area contributed by atoms with Crippen molar-refractivity contribution in [3.63, 3.8) is 0 Å². The maximum absolute atomic E-state index is 5.93. The first-order valence-corrected chi connectivity index (χ1v) is 8.58. The quantitative estimate of drug-likeness (QED) is 0.248. The van der Waals surface area contributed by atoms with Gasteiger partial charge in [0.25, 0.3) is 0 Å². The zero-order valence-electron chi connectivity index (χ0n) is 15.6. The van der Waals surface area contributed by atoms with Gasteiger partial charge in [-0.2, -0.15) is 0 Å². The van der Waals surface area contributed by atoms with Gasteiger partial charge < -0.3 is 24.8 Å². The van der Waals surface area contributed by atoms with Crippen LogP contribution in [-0.4, -0.2) is 40.4 Å². The van der Waals surface area contributed by atoms with Crippen molar-refractivity contribution in [2.45, 2.75) is 6.54 Å². The molecule has 0 radical (unpaired) electrons. The molecule has 2 rings (SSSR count). The molecule has 2 aromatic rings. The van der Waals surface area contributed by atoms with Crippen molar-refractivity contribution in [2.75, 3.05) is 34.4 Å². The van der Waals surface area contributed by atoms with E-state index >= 15 is 0 Å². The van der Waals surface area contributed by atoms with Gasteiger partial charge >= 0.3 is 0 Å². The molecule has 27 heavy (non-hydrogen) atoms. The summed E-state index contributed by atoms with van der Waals surface area (Å²) in [6.45, 7) is 1.71. The summed E-state index contributed by atoms with van der Waals surface area (Å²) in [7, 11) is 4.96. The van der Waals surface area contributed by atoms with Crippen molar-refractivity contribution in [1.82, 2.24) is 10.6 Å². The second kappa shape index (κ2) is 12.5. The Balaban J connectivity index is 0.00000364. The first-order valence-electron chi connectivity index (χ1n) is 8.20. The van der Waals surface area contributed by atoms with Crippen molar-refractivity contribution in [2.24, 2.45) is 4.99 Å². The van der Waals surface area contributed by atoms with Crippen molar-refractivity contribution in [3.05, 3.63) is 53.1 Å². The third-order valence-corrected chi connectivity index (χ3v) is 3.83. The number of aliphatic imine (C=N–C) groups is 1. The van der Waals surface area contributed by atoms with Gasteiger partial charge in [0.1, 0.15) is 12.4 Å². The highest BCUT2D eigenvalue weighted by atomic mass is 127. The molecule has 0 saturated carbocycles. The van der Waals surface area contributed by atoms with E-state index in [4.69, 9.17) is 25.8 Å². The van der Waals surface area contributed by atoms with Gasteiger partial charge in [0.05, 0.1) is 20.8 Å². The van der Waals surface area contributed by atoms with E-state index in [0.717, 1.165) is 11.3 Å². The van der Waals surface area contributed by atoms with E-state index < -0.39 is 0 Å². The van der Waals surface area contributed by atoms with E-state index in [1.54, 1.807) is 27.3 Å². The monoisotopic (exact) mass is 505 g/mol. The fourth-order valence-corrected chi connectivity index (χ4v) is 2.47. The number of hydrogen-bond donors (Lipinski definition) is 2. The number of nitrogens with zero attached hydrogens (tertiary/aromatic N) is 1. The molecule has 2 aromatic carbocycles. The summed E-state index contributed by atoms with van der Waals surface area (Å²) < 4.78 is 16.2. The molecule has 0 fully saturated rings. The number of halogens is 2. The Morgan fingerprint density at radius 2 is 1.81 bits per heavy atom. The van der Waals surface area contributed by atoms with Gasteiger partial charge in [0.15, 0.2) is 17.5 Å². The van der Waals surface area contributed by atoms with Gasteiger partial charge in [0, 0.05) is 18.6 Å². The lowest BCUT2D eigenvalue weighted by molar-refractivity contribution is 0.322. The van der Waals surface area contributed by atoms with E-state index in [9.17, 15) is 0 Å². The Hall–Kier alpha value is -1.87. The van der Waals surface area contributed by atoms with Crippen LogP contribution in [0.25, 0.3) is 0 Å². The van der Waals surface area contributed by atoms with Gasteiger partial charge in [0.2, 0.25) is 0 Å². The maximum atomic E-state index is 5.93. The smallest absolute Gasteiger partial charge is 0.191 e. The molecule has 6 nitrogen and oxygen atoms in total. The van der Waals surface area contributed by atoms with Crippen LogP contribution in [0.4, 0.5) is 0 Å². The maximum Gasteiger partial charge on any atom is 0.191 e. The fourth-order valence-electron chi connectivity index (χ4n) is 2.29. The summed E-state index contributed by atoms with van der Waals surface area (Å²) in [4.78, 5) is 4.20. The van der Waals surface area contributed by atoms with Crippen molar-refractivity contribution < 1.29 is 14.2 Å². The SMILES string of the molecule is CN=C(NCCOc1cccc(Cl)c1)NCc1ccc(OC)c(OC)c1.I. The highest BCUT2D eigenvalue weighted by molar-refractivity contribution is 14.0. The second-order valence-electron chi connectivity index (χ2n) is 5.35. The Morgan fingerprint density at radius 1 is 1.04 bits per heavy atom. The molecular weight excluding hydrogens is 481 g/mol. The molecular formula is C19H25ClIN3O3. The Labute approximate surface area is 182 Å². The van der Waals surface area contributed by atoms with Gasteiger partial charge in [-0.25, -0.2) is 0 Å². The number of hydrogen-bond acceptors (Lipinski definition) is 4. The molecule has 8 heteroatoms. The van der Waals surface area contributed by atoms with Crippen LogP contribution in [0.1, 0.15) is 5.56 Å². The average Bonchev–Trinajstić information content (AvgIpc) is 2.67. The van der Waals surface area contributed by atoms with E-state index in [2.05, 4.69) is 15.6 Å². The topological polar surface area (TPSA) is 64.1 Å². The van der Waals surface area contributed by atoms with Crippen molar-refractivity contribution >= 4 is 41.5 Å². The number of benzene rings is 2. The molecule has 0 amide bonds. The van der Waals surface area contributed by atoms with E-state index in [-0.39, 0.29) is 24.0 Å². The zero-order valence-corrected chi connectivity index (χ0v) is 18.7. The largest absolute Gasteiger partial charge is 0.493 e. The summed E-state index contributed by atoms with van der Waals surface area (Å²) in [5, 5.41) is 7.10. The first-order chi connectivity index (χ1) is 12.7. The molecule has 0 unspecified atom stereocenters. The molecule has 0 aliphatic rings. The molecule has 0 atom stereocenters. The van der Waals surface area contributed by atoms with Gasteiger partial charge in [-0.1, -0.05) is 23.7 Å². The normalized spacial score (nSPS) is 10.6. The molecule has 0 bridgehead atoms. The Morgan fingerprint density at radius 3 is 2.48 bits per heavy atom. The van der Waals surface area contributed by atoms with Crippen molar-refractivity contribution in [3.8, 4) is 17.2 Å². The molecule has 0 aliphatic carbocycles. The summed E-state index contributed by atoms with van der Waals surface area (Å²) in [5.41, 5.74) is 1.06. The minimum absolute atomic E-state index is 0. The molecule has 148 valence electrons. The second-order valence-corrected chi connectivity index (χ2v) is 5.78. The van der Waals surface area contributed by atoms with E-state index in [1.807, 2.05) is 36.4 Å². The number of nitrogens with one attached hydrogen (secondary N) is 2. The zero-order chi connectivity index (χ0) is 18.8. The number of rotatable bonds is 8. The minimum atomic E-state index is 0. The van der Waals surface area contributed by atoms with Crippen LogP contribution in [-0.2, 0) is 6.54 Å². The van der Waals surface area contributed by atoms with Crippen molar-refractivity contribution in [1.29, 1.82) is 0 Å². The highest BCUT2D eigenvalue weighted by Crippen LogP contribution is 2.27. The van der Waals surface area contributed by atoms with E-state index in [0.29, 0.717) is 42.2 Å². The van der Waals surface area contributed by atoms with E-state index in [1.165, 1.54) is 0 Å². The Bertz CT molecular complexity index is 744. The number of ether oxygens (including phenoxy) is 3. The van der Waals surface area contributed by atoms with Crippen LogP contribution in [0, 0.1) is 0 Å². The third-order valence-electron chi connectivity index (χ3n) is 3.59. The minimum Gasteiger partial charge on any atom is -0.493 e. The lowest BCUT2D eigenvalue weighted by atomic mass is 10.2. The molecule has 0 aliphatic heterocycles. The van der Waals surface area contributed by atoms with Gasteiger partial charge in [-0.3, -0.25) is 4.99 Å². The van der Waals surface area contributed by atoms with Crippen LogP contribution in [0.5, 0.6) is 17.2 Å². The van der Waals surface area contributed by atoms with Gasteiger partial charge in [-0.15, -0.1) is 24.0 Å². The van der Waals surface area contributed by atoms with Crippen LogP contribution in [0.2, 0.25) is 5.02 Å². The lowest BCUT2D eigenvalue weighted by Gasteiger charge is -2.14. The molecule has 0 heterocycles. The Kier molecular flexibility index (Phi) is 10.7. The highest BCUT2D eigenvalue weighted by Gasteiger charge is 2.05. The molecule has 0 aromatic heterocycles. The molecule has 2 N–H and O–H groups in total. The predicted molar refractivity (Wildman–Crippen MR) is 120 cm³/mol. The average molecular weight is 506 g/mol. The molecule has 0 spiro atoms. The molecule has 0 saturated heterocycles. The number of guanidine groups is 1. The van der Waals surface area contributed by atoms with Gasteiger partial charge in [-0.05, 0) is 35.9 Å². The standard InChI is InChI=1S/C19H24ClN3O3.HI/c1-21-19(22-9-10-26-16-6-4-5-15(20)12-16)23-13-14-7-8-17(24-2)18(11-14)25-3;/h4-8,11-12H,9-10,13H2,1-3H3,(H2,21,22,23);1H. The van der Waals surface area contributed by atoms with Crippen LogP contribution >= 0.6 is 35.6 Å². The lowest BCUT2D eigenvalue weighted by Crippen LogP contribution is -2.38. The number of methoxy groups -OCH3 is 2. The summed E-state index contributed by atoms with van der Waals surface area (Å²) in [6.07, 6.45) is 0. The van der Waals surface area contributed by atoms with Crippen LogP contribution < -0.4 is 24.8 Å². The first kappa shape index (κ1) is 23.2. The fraction of sp³-hybridized carbons (Fsp3) is 0.316.